The van der Waals surface area contributed by atoms with E-state index in [1.807, 2.05) is 0 Å². The number of hydrogen-bond acceptors (Lipinski definition) is 5. The van der Waals surface area contributed by atoms with Crippen molar-refractivity contribution in [3.05, 3.63) is 52.3 Å². The zero-order valence-electron chi connectivity index (χ0n) is 13.7. The third-order valence-electron chi connectivity index (χ3n) is 4.25. The Morgan fingerprint density at radius 2 is 2.12 bits per heavy atom. The largest absolute Gasteiger partial charge is 0.348 e. The number of piperidine rings is 1. The van der Waals surface area contributed by atoms with Crippen LogP contribution in [0.15, 0.2) is 36.7 Å². The van der Waals surface area contributed by atoms with Crippen molar-refractivity contribution < 1.29 is 9.72 Å². The second kappa shape index (κ2) is 8.09. The Labute approximate surface area is 151 Å². The summed E-state index contributed by atoms with van der Waals surface area (Å²) in [7, 11) is 0. The lowest BCUT2D eigenvalue weighted by molar-refractivity contribution is -0.384. The summed E-state index contributed by atoms with van der Waals surface area (Å²) >= 11 is 0. The molecular weight excluding hydrogens is 346 g/mol. The normalized spacial score (nSPS) is 19.7. The summed E-state index contributed by atoms with van der Waals surface area (Å²) in [5.74, 6) is -0.163. The van der Waals surface area contributed by atoms with E-state index in [9.17, 15) is 14.9 Å². The van der Waals surface area contributed by atoms with Gasteiger partial charge in [-0.25, -0.2) is 4.68 Å². The first-order valence-electron chi connectivity index (χ1n) is 7.88. The number of nitrogens with zero attached hydrogens (tertiary/aromatic N) is 3. The summed E-state index contributed by atoms with van der Waals surface area (Å²) in [6.07, 6.45) is 5.11. The maximum Gasteiger partial charge on any atom is 0.269 e. The second-order valence-electron chi connectivity index (χ2n) is 5.91. The van der Waals surface area contributed by atoms with Crippen LogP contribution < -0.4 is 10.6 Å². The molecule has 1 aromatic carbocycles. The van der Waals surface area contributed by atoms with E-state index in [1.165, 1.54) is 23.0 Å². The molecule has 0 aliphatic carbocycles. The van der Waals surface area contributed by atoms with Crippen LogP contribution in [0.3, 0.4) is 0 Å². The van der Waals surface area contributed by atoms with Crippen LogP contribution in [0.2, 0.25) is 0 Å². The molecular formula is C16H20ClN5O3. The number of aromatic nitrogens is 2. The van der Waals surface area contributed by atoms with Crippen LogP contribution in [0.5, 0.6) is 0 Å². The van der Waals surface area contributed by atoms with E-state index in [-0.39, 0.29) is 36.1 Å². The van der Waals surface area contributed by atoms with Gasteiger partial charge in [0.15, 0.2) is 0 Å². The molecule has 1 aliphatic rings. The van der Waals surface area contributed by atoms with Gasteiger partial charge in [-0.3, -0.25) is 14.9 Å². The molecule has 2 N–H and O–H groups in total. The van der Waals surface area contributed by atoms with E-state index in [4.69, 9.17) is 0 Å². The van der Waals surface area contributed by atoms with Gasteiger partial charge in [0.1, 0.15) is 0 Å². The zero-order chi connectivity index (χ0) is 17.1. The van der Waals surface area contributed by atoms with E-state index in [2.05, 4.69) is 22.7 Å². The lowest BCUT2D eigenvalue weighted by Crippen LogP contribution is -2.51. The molecule has 2 heterocycles. The summed E-state index contributed by atoms with van der Waals surface area (Å²) in [6, 6.07) is 6.36. The van der Waals surface area contributed by atoms with Crippen molar-refractivity contribution in [3.8, 4) is 5.69 Å². The zero-order valence-corrected chi connectivity index (χ0v) is 14.5. The molecule has 3 rings (SSSR count). The summed E-state index contributed by atoms with van der Waals surface area (Å²) in [4.78, 5) is 22.6. The Hall–Kier alpha value is -2.45. The lowest BCUT2D eigenvalue weighted by atomic mass is 10.00. The predicted octanol–water partition coefficient (Wildman–Crippen LogP) is 2.07. The van der Waals surface area contributed by atoms with Crippen molar-refractivity contribution in [3.63, 3.8) is 0 Å². The number of benzene rings is 1. The standard InChI is InChI=1S/C16H19N5O3.ClH/c1-11-15(3-2-8-17-11)19-16(22)12-9-18-20(10-12)13-4-6-14(7-5-13)21(23)24;/h4-7,9-11,15,17H,2-3,8H2,1H3,(H,19,22);1H. The molecule has 0 radical (unpaired) electrons. The van der Waals surface area contributed by atoms with Crippen LogP contribution in [0.4, 0.5) is 5.69 Å². The minimum absolute atomic E-state index is 0. The smallest absolute Gasteiger partial charge is 0.269 e. The Morgan fingerprint density at radius 3 is 2.76 bits per heavy atom. The lowest BCUT2D eigenvalue weighted by Gasteiger charge is -2.30. The van der Waals surface area contributed by atoms with Crippen LogP contribution in [0, 0.1) is 10.1 Å². The van der Waals surface area contributed by atoms with E-state index in [0.717, 1.165) is 19.4 Å². The number of carbonyl (C=O) groups is 1. The molecule has 9 heteroatoms. The van der Waals surface area contributed by atoms with Gasteiger partial charge in [0.05, 0.1) is 22.4 Å². The molecule has 2 aromatic rings. The minimum atomic E-state index is -0.453. The van der Waals surface area contributed by atoms with Gasteiger partial charge >= 0.3 is 0 Å². The van der Waals surface area contributed by atoms with E-state index >= 15 is 0 Å². The molecule has 1 aromatic heterocycles. The van der Waals surface area contributed by atoms with Crippen molar-refractivity contribution >= 4 is 24.0 Å². The number of non-ortho nitro benzene ring substituents is 1. The molecule has 1 amide bonds. The van der Waals surface area contributed by atoms with Crippen LogP contribution in [-0.4, -0.2) is 39.2 Å². The molecule has 0 spiro atoms. The van der Waals surface area contributed by atoms with Crippen LogP contribution in [-0.2, 0) is 0 Å². The fourth-order valence-electron chi connectivity index (χ4n) is 2.80. The number of amides is 1. The van der Waals surface area contributed by atoms with E-state index in [0.29, 0.717) is 11.3 Å². The van der Waals surface area contributed by atoms with Gasteiger partial charge in [-0.05, 0) is 38.4 Å². The highest BCUT2D eigenvalue weighted by Gasteiger charge is 2.23. The first-order valence-corrected chi connectivity index (χ1v) is 7.88. The molecule has 8 nitrogen and oxygen atoms in total. The predicted molar refractivity (Wildman–Crippen MR) is 95.4 cm³/mol. The monoisotopic (exact) mass is 365 g/mol. The fraction of sp³-hybridized carbons (Fsp3) is 0.375. The number of nitro groups is 1. The van der Waals surface area contributed by atoms with Gasteiger partial charge in [0.2, 0.25) is 0 Å². The molecule has 25 heavy (non-hydrogen) atoms. The van der Waals surface area contributed by atoms with Crippen molar-refractivity contribution in [2.45, 2.75) is 31.8 Å². The number of nitro benzene ring substituents is 1. The van der Waals surface area contributed by atoms with Gasteiger partial charge in [-0.2, -0.15) is 5.10 Å². The van der Waals surface area contributed by atoms with Crippen molar-refractivity contribution in [2.75, 3.05) is 6.54 Å². The molecule has 1 fully saturated rings. The minimum Gasteiger partial charge on any atom is -0.348 e. The Morgan fingerprint density at radius 1 is 1.40 bits per heavy atom. The third-order valence-corrected chi connectivity index (χ3v) is 4.25. The first-order chi connectivity index (χ1) is 11.5. The molecule has 1 saturated heterocycles. The number of carbonyl (C=O) groups excluding carboxylic acids is 1. The highest BCUT2D eigenvalue weighted by molar-refractivity contribution is 5.94. The van der Waals surface area contributed by atoms with Crippen molar-refractivity contribution in [2.24, 2.45) is 0 Å². The summed E-state index contributed by atoms with van der Waals surface area (Å²) in [6.45, 7) is 3.04. The average molecular weight is 366 g/mol. The quantitative estimate of drug-likeness (QED) is 0.638. The van der Waals surface area contributed by atoms with Gasteiger partial charge in [0.25, 0.3) is 11.6 Å². The summed E-state index contributed by atoms with van der Waals surface area (Å²) < 4.78 is 1.53. The van der Waals surface area contributed by atoms with Gasteiger partial charge in [0, 0.05) is 30.4 Å². The van der Waals surface area contributed by atoms with Crippen LogP contribution >= 0.6 is 12.4 Å². The van der Waals surface area contributed by atoms with Gasteiger partial charge in [-0.1, -0.05) is 0 Å². The van der Waals surface area contributed by atoms with Crippen LogP contribution in [0.1, 0.15) is 30.1 Å². The SMILES string of the molecule is CC1NCCCC1NC(=O)c1cnn(-c2ccc([N+](=O)[O-])cc2)c1.Cl. The van der Waals surface area contributed by atoms with Crippen molar-refractivity contribution in [1.82, 2.24) is 20.4 Å². The maximum atomic E-state index is 12.4. The third kappa shape index (κ3) is 4.34. The Balaban J connectivity index is 0.00000225. The highest BCUT2D eigenvalue weighted by Crippen LogP contribution is 2.15. The average Bonchev–Trinajstić information content (AvgIpc) is 3.07. The molecule has 0 bridgehead atoms. The number of rotatable bonds is 4. The second-order valence-corrected chi connectivity index (χ2v) is 5.91. The summed E-state index contributed by atoms with van der Waals surface area (Å²) in [5, 5.41) is 21.2. The highest BCUT2D eigenvalue weighted by atomic mass is 35.5. The number of nitrogens with one attached hydrogen (secondary N) is 2. The molecule has 0 saturated carbocycles. The number of hydrogen-bond donors (Lipinski definition) is 2. The first kappa shape index (κ1) is 18.9. The Bertz CT molecular complexity index is 746. The van der Waals surface area contributed by atoms with E-state index in [1.54, 1.807) is 18.3 Å². The van der Waals surface area contributed by atoms with Crippen LogP contribution in [0.25, 0.3) is 5.69 Å². The molecule has 1 aliphatic heterocycles. The summed E-state index contributed by atoms with van der Waals surface area (Å²) in [5.41, 5.74) is 1.14. The van der Waals surface area contributed by atoms with E-state index < -0.39 is 4.92 Å². The van der Waals surface area contributed by atoms with Crippen molar-refractivity contribution in [1.29, 1.82) is 0 Å². The molecule has 2 unspecified atom stereocenters. The van der Waals surface area contributed by atoms with Gasteiger partial charge in [-0.15, -0.1) is 12.4 Å². The maximum absolute atomic E-state index is 12.4. The fourth-order valence-corrected chi connectivity index (χ4v) is 2.80. The Kier molecular flexibility index (Phi) is 6.11. The topological polar surface area (TPSA) is 102 Å². The molecule has 134 valence electrons. The molecule has 2 atom stereocenters. The van der Waals surface area contributed by atoms with Gasteiger partial charge < -0.3 is 10.6 Å². The number of halogens is 1.